The van der Waals surface area contributed by atoms with Crippen LogP contribution >= 0.6 is 0 Å². The van der Waals surface area contributed by atoms with Crippen LogP contribution in [0.25, 0.3) is 0 Å². The van der Waals surface area contributed by atoms with Gasteiger partial charge in [-0.3, -0.25) is 19.1 Å². The van der Waals surface area contributed by atoms with Crippen molar-refractivity contribution in [2.45, 2.75) is 20.1 Å². The maximum atomic E-state index is 12.8. The quantitative estimate of drug-likeness (QED) is 0.440. The normalized spacial score (nSPS) is 10.7. The Morgan fingerprint density at radius 1 is 1.09 bits per heavy atom. The van der Waals surface area contributed by atoms with Gasteiger partial charge in [-0.1, -0.05) is 42.5 Å². The fourth-order valence-electron chi connectivity index (χ4n) is 3.34. The highest BCUT2D eigenvalue weighted by atomic mass is 19.3. The number of esters is 1. The summed E-state index contributed by atoms with van der Waals surface area (Å²) in [6, 6.07) is 14.0. The molecule has 10 nitrogen and oxygen atoms in total. The average molecular weight is 488 g/mol. The number of amides is 1. The largest absolute Gasteiger partial charge is 0.452 e. The van der Waals surface area contributed by atoms with Gasteiger partial charge in [-0.2, -0.15) is 8.78 Å². The van der Waals surface area contributed by atoms with Crippen molar-refractivity contribution in [2.24, 2.45) is 0 Å². The van der Waals surface area contributed by atoms with Crippen molar-refractivity contribution in [2.75, 3.05) is 23.8 Å². The zero-order valence-corrected chi connectivity index (χ0v) is 18.6. The molecule has 3 aromatic rings. The molecule has 0 aliphatic rings. The van der Waals surface area contributed by atoms with Crippen LogP contribution in [-0.4, -0.2) is 41.2 Å². The van der Waals surface area contributed by atoms with Gasteiger partial charge in [0.2, 0.25) is 0 Å². The second-order valence-corrected chi connectivity index (χ2v) is 7.15. The van der Waals surface area contributed by atoms with Crippen LogP contribution < -0.4 is 26.6 Å². The number of benzene rings is 2. The van der Waals surface area contributed by atoms with E-state index in [2.05, 4.69) is 9.72 Å². The van der Waals surface area contributed by atoms with Gasteiger partial charge in [0.15, 0.2) is 12.3 Å². The van der Waals surface area contributed by atoms with E-state index in [0.29, 0.717) is 0 Å². The van der Waals surface area contributed by atoms with Crippen LogP contribution in [0.4, 0.5) is 20.3 Å². The van der Waals surface area contributed by atoms with Crippen molar-refractivity contribution < 1.29 is 27.8 Å². The third-order valence-electron chi connectivity index (χ3n) is 4.93. The van der Waals surface area contributed by atoms with Crippen LogP contribution in [0.3, 0.4) is 0 Å². The number of carbonyl (C=O) groups excluding carboxylic acids is 2. The van der Waals surface area contributed by atoms with E-state index in [4.69, 9.17) is 10.5 Å². The van der Waals surface area contributed by atoms with Crippen LogP contribution in [0, 0.1) is 0 Å². The minimum absolute atomic E-state index is 0.0386. The Kier molecular flexibility index (Phi) is 7.97. The molecule has 2 aromatic carbocycles. The summed E-state index contributed by atoms with van der Waals surface area (Å²) >= 11 is 0. The van der Waals surface area contributed by atoms with Gasteiger partial charge in [0.1, 0.15) is 17.1 Å². The SMILES string of the molecule is CCN(C(=O)COC(=O)c1ccccc1OC(F)F)c1c(N)n(Cc2ccccc2)c(=O)[nH]c1=O. The minimum atomic E-state index is -3.16. The van der Waals surface area contributed by atoms with Crippen LogP contribution in [0.5, 0.6) is 5.75 Å². The number of likely N-dealkylation sites (N-methyl/N-ethyl adjacent to an activating group) is 1. The maximum Gasteiger partial charge on any atom is 0.387 e. The lowest BCUT2D eigenvalue weighted by atomic mass is 10.2. The Morgan fingerprint density at radius 2 is 1.74 bits per heavy atom. The highest BCUT2D eigenvalue weighted by Gasteiger charge is 2.25. The van der Waals surface area contributed by atoms with Gasteiger partial charge in [-0.05, 0) is 24.6 Å². The van der Waals surface area contributed by atoms with Gasteiger partial charge in [0.25, 0.3) is 11.5 Å². The Hall–Kier alpha value is -4.48. The molecule has 0 bridgehead atoms. The molecule has 1 amide bonds. The third-order valence-corrected chi connectivity index (χ3v) is 4.93. The Bertz CT molecular complexity index is 1320. The number of para-hydroxylation sites is 1. The lowest BCUT2D eigenvalue weighted by Gasteiger charge is -2.23. The van der Waals surface area contributed by atoms with E-state index in [1.54, 1.807) is 37.3 Å². The molecule has 35 heavy (non-hydrogen) atoms. The molecule has 12 heteroatoms. The molecule has 1 heterocycles. The number of carbonyl (C=O) groups is 2. The number of nitrogens with one attached hydrogen (secondary N) is 1. The van der Waals surface area contributed by atoms with Gasteiger partial charge in [-0.25, -0.2) is 9.59 Å². The fraction of sp³-hybridized carbons (Fsp3) is 0.217. The van der Waals surface area contributed by atoms with E-state index in [0.717, 1.165) is 21.1 Å². The zero-order chi connectivity index (χ0) is 25.5. The van der Waals surface area contributed by atoms with Crippen molar-refractivity contribution in [1.29, 1.82) is 0 Å². The van der Waals surface area contributed by atoms with Gasteiger partial charge >= 0.3 is 18.3 Å². The lowest BCUT2D eigenvalue weighted by Crippen LogP contribution is -2.42. The monoisotopic (exact) mass is 488 g/mol. The predicted molar refractivity (Wildman–Crippen MR) is 123 cm³/mol. The third kappa shape index (κ3) is 5.91. The lowest BCUT2D eigenvalue weighted by molar-refractivity contribution is -0.121. The van der Waals surface area contributed by atoms with Gasteiger partial charge in [0, 0.05) is 6.54 Å². The van der Waals surface area contributed by atoms with Crippen LogP contribution in [0.2, 0.25) is 0 Å². The first-order chi connectivity index (χ1) is 16.7. The molecule has 0 unspecified atom stereocenters. The number of anilines is 2. The Balaban J connectivity index is 1.83. The summed E-state index contributed by atoms with van der Waals surface area (Å²) in [4.78, 5) is 53.2. The number of rotatable bonds is 9. The summed E-state index contributed by atoms with van der Waals surface area (Å²) in [6.07, 6.45) is 0. The first-order valence-electron chi connectivity index (χ1n) is 10.4. The summed E-state index contributed by atoms with van der Waals surface area (Å²) in [5.41, 5.74) is 4.60. The fourth-order valence-corrected chi connectivity index (χ4v) is 3.34. The molecule has 1 aromatic heterocycles. The molecule has 184 valence electrons. The van der Waals surface area contributed by atoms with Gasteiger partial charge in [0.05, 0.1) is 6.54 Å². The summed E-state index contributed by atoms with van der Waals surface area (Å²) in [5, 5.41) is 0. The Labute approximate surface area is 197 Å². The molecule has 3 N–H and O–H groups in total. The predicted octanol–water partition coefficient (Wildman–Crippen LogP) is 1.98. The number of aromatic nitrogens is 2. The Morgan fingerprint density at radius 3 is 2.40 bits per heavy atom. The average Bonchev–Trinajstić information content (AvgIpc) is 2.83. The molecule has 0 atom stereocenters. The second kappa shape index (κ2) is 11.1. The number of ether oxygens (including phenoxy) is 2. The number of hydrogen-bond donors (Lipinski definition) is 2. The molecule has 0 aliphatic carbocycles. The van der Waals surface area contributed by atoms with Crippen LogP contribution in [-0.2, 0) is 16.1 Å². The van der Waals surface area contributed by atoms with Crippen molar-refractivity contribution in [1.82, 2.24) is 9.55 Å². The number of H-pyrrole nitrogens is 1. The zero-order valence-electron chi connectivity index (χ0n) is 18.6. The molecular formula is C23H22F2N4O6. The summed E-state index contributed by atoms with van der Waals surface area (Å²) in [6.45, 7) is -2.44. The number of aromatic amines is 1. The van der Waals surface area contributed by atoms with E-state index in [1.165, 1.54) is 18.2 Å². The van der Waals surface area contributed by atoms with Crippen molar-refractivity contribution >= 4 is 23.4 Å². The van der Waals surface area contributed by atoms with Crippen LogP contribution in [0.15, 0.2) is 64.2 Å². The minimum Gasteiger partial charge on any atom is -0.452 e. The number of nitrogen functional groups attached to an aromatic ring is 1. The second-order valence-electron chi connectivity index (χ2n) is 7.15. The molecule has 3 rings (SSSR count). The number of alkyl halides is 2. The molecule has 0 radical (unpaired) electrons. The summed E-state index contributed by atoms with van der Waals surface area (Å²) in [5.74, 6) is -2.57. The van der Waals surface area contributed by atoms with E-state index in [-0.39, 0.29) is 30.2 Å². The molecule has 0 fully saturated rings. The van der Waals surface area contributed by atoms with E-state index < -0.39 is 42.1 Å². The van der Waals surface area contributed by atoms with E-state index in [1.807, 2.05) is 0 Å². The number of nitrogens with zero attached hydrogens (tertiary/aromatic N) is 2. The number of halogens is 2. The molecule has 0 aliphatic heterocycles. The topological polar surface area (TPSA) is 137 Å². The first-order valence-corrected chi connectivity index (χ1v) is 10.4. The molecule has 0 spiro atoms. The van der Waals surface area contributed by atoms with E-state index >= 15 is 0 Å². The number of hydrogen-bond acceptors (Lipinski definition) is 7. The van der Waals surface area contributed by atoms with Gasteiger partial charge < -0.3 is 20.1 Å². The summed E-state index contributed by atoms with van der Waals surface area (Å²) < 4.78 is 35.5. The molecule has 0 saturated heterocycles. The molecular weight excluding hydrogens is 466 g/mol. The van der Waals surface area contributed by atoms with Gasteiger partial charge in [-0.15, -0.1) is 0 Å². The van der Waals surface area contributed by atoms with Crippen molar-refractivity contribution in [3.8, 4) is 5.75 Å². The van der Waals surface area contributed by atoms with Crippen molar-refractivity contribution in [3.05, 3.63) is 86.6 Å². The number of nitrogens with two attached hydrogens (primary N) is 1. The summed E-state index contributed by atoms with van der Waals surface area (Å²) in [7, 11) is 0. The highest BCUT2D eigenvalue weighted by molar-refractivity contribution is 5.99. The van der Waals surface area contributed by atoms with Crippen molar-refractivity contribution in [3.63, 3.8) is 0 Å². The standard InChI is InChI=1S/C23H22F2N4O6/c1-2-28(17(30)13-34-21(32)15-10-6-7-11-16(15)35-22(24)25)18-19(26)29(23(33)27-20(18)31)12-14-8-4-3-5-9-14/h3-11,22H,2,12-13,26H2,1H3,(H,27,31,33). The first kappa shape index (κ1) is 25.1. The molecule has 0 saturated carbocycles. The van der Waals surface area contributed by atoms with E-state index in [9.17, 15) is 28.0 Å². The highest BCUT2D eigenvalue weighted by Crippen LogP contribution is 2.22. The van der Waals surface area contributed by atoms with Crippen LogP contribution in [0.1, 0.15) is 22.8 Å². The maximum absolute atomic E-state index is 12.8. The smallest absolute Gasteiger partial charge is 0.387 e.